The number of amides is 1. The molecule has 6 nitrogen and oxygen atoms in total. The lowest BCUT2D eigenvalue weighted by Crippen LogP contribution is -2.40. The highest BCUT2D eigenvalue weighted by Crippen LogP contribution is 2.30. The molecule has 2 aromatic carbocycles. The summed E-state index contributed by atoms with van der Waals surface area (Å²) in [5, 5.41) is 2.70. The topological polar surface area (TPSA) is 84.5 Å². The molecular formula is C19H21F3N2O4S. The Bertz CT molecular complexity index is 941. The Balaban J connectivity index is 2.07. The number of alkyl halides is 3. The number of benzene rings is 2. The quantitative estimate of drug-likeness (QED) is 0.700. The average molecular weight is 430 g/mol. The van der Waals surface area contributed by atoms with E-state index in [0.717, 1.165) is 24.3 Å². The fourth-order valence-electron chi connectivity index (χ4n) is 2.30. The van der Waals surface area contributed by atoms with E-state index in [2.05, 4.69) is 10.0 Å². The summed E-state index contributed by atoms with van der Waals surface area (Å²) in [5.41, 5.74) is -0.880. The maximum Gasteiger partial charge on any atom is 0.416 e. The standard InChI is InChI=1S/C19H21F3N2O4S/c1-12(2)23-18(25)13(3)28-16-8-10-17(11-9-16)29(26,27)24-15-6-4-14(5-7-15)19(20,21)22/h4-13,24H,1-3H3,(H,23,25)/t13-/m1/s1. The first-order chi connectivity index (χ1) is 13.4. The van der Waals surface area contributed by atoms with Gasteiger partial charge in [-0.25, -0.2) is 8.42 Å². The molecule has 158 valence electrons. The molecule has 0 unspecified atom stereocenters. The third-order valence-corrected chi connectivity index (χ3v) is 5.11. The summed E-state index contributed by atoms with van der Waals surface area (Å²) in [4.78, 5) is 11.8. The number of hydrogen-bond acceptors (Lipinski definition) is 4. The lowest BCUT2D eigenvalue weighted by molar-refractivity contribution is -0.137. The normalized spacial score (nSPS) is 13.1. The molecule has 2 aromatic rings. The van der Waals surface area contributed by atoms with Gasteiger partial charge in [0.15, 0.2) is 6.10 Å². The van der Waals surface area contributed by atoms with Crippen molar-refractivity contribution in [2.45, 2.75) is 44.0 Å². The number of carbonyl (C=O) groups is 1. The molecule has 0 saturated carbocycles. The second-order valence-electron chi connectivity index (χ2n) is 6.58. The van der Waals surface area contributed by atoms with E-state index in [9.17, 15) is 26.4 Å². The van der Waals surface area contributed by atoms with Crippen LogP contribution in [0.15, 0.2) is 53.4 Å². The fourth-order valence-corrected chi connectivity index (χ4v) is 3.36. The highest BCUT2D eigenvalue weighted by molar-refractivity contribution is 7.92. The van der Waals surface area contributed by atoms with Crippen molar-refractivity contribution in [3.8, 4) is 5.75 Å². The zero-order valence-corrected chi connectivity index (χ0v) is 16.8. The van der Waals surface area contributed by atoms with Gasteiger partial charge < -0.3 is 10.1 Å². The van der Waals surface area contributed by atoms with Gasteiger partial charge in [-0.05, 0) is 69.3 Å². The van der Waals surface area contributed by atoms with E-state index in [-0.39, 0.29) is 22.5 Å². The molecule has 0 radical (unpaired) electrons. The van der Waals surface area contributed by atoms with Gasteiger partial charge in [-0.2, -0.15) is 13.2 Å². The minimum atomic E-state index is -4.50. The molecule has 0 spiro atoms. The van der Waals surface area contributed by atoms with Crippen LogP contribution in [0.2, 0.25) is 0 Å². The van der Waals surface area contributed by atoms with Crippen molar-refractivity contribution in [2.24, 2.45) is 0 Å². The van der Waals surface area contributed by atoms with Crippen molar-refractivity contribution < 1.29 is 31.1 Å². The summed E-state index contributed by atoms with van der Waals surface area (Å²) < 4.78 is 70.3. The van der Waals surface area contributed by atoms with Crippen LogP contribution in [0.25, 0.3) is 0 Å². The SMILES string of the molecule is CC(C)NC(=O)[C@@H](C)Oc1ccc(S(=O)(=O)Nc2ccc(C(F)(F)F)cc2)cc1. The minimum absolute atomic E-state index is 0.00250. The van der Waals surface area contributed by atoms with Gasteiger partial charge in [0, 0.05) is 11.7 Å². The molecule has 0 aliphatic carbocycles. The van der Waals surface area contributed by atoms with Gasteiger partial charge >= 0.3 is 6.18 Å². The Kier molecular flexibility index (Phi) is 6.78. The van der Waals surface area contributed by atoms with Crippen LogP contribution in [0.4, 0.5) is 18.9 Å². The van der Waals surface area contributed by atoms with Crippen molar-refractivity contribution >= 4 is 21.6 Å². The van der Waals surface area contributed by atoms with Gasteiger partial charge in [-0.15, -0.1) is 0 Å². The third-order valence-electron chi connectivity index (χ3n) is 3.71. The maximum absolute atomic E-state index is 12.6. The lowest BCUT2D eigenvalue weighted by Gasteiger charge is -2.16. The summed E-state index contributed by atoms with van der Waals surface area (Å²) in [6.45, 7) is 5.19. The summed E-state index contributed by atoms with van der Waals surface area (Å²) in [6.07, 6.45) is -5.28. The van der Waals surface area contributed by atoms with Gasteiger partial charge in [-0.3, -0.25) is 9.52 Å². The number of rotatable bonds is 7. The van der Waals surface area contributed by atoms with Crippen LogP contribution in [-0.2, 0) is 21.0 Å². The third kappa shape index (κ3) is 6.38. The number of halogens is 3. The van der Waals surface area contributed by atoms with Crippen molar-refractivity contribution in [3.63, 3.8) is 0 Å². The molecule has 0 aliphatic rings. The molecule has 2 N–H and O–H groups in total. The molecule has 0 saturated heterocycles. The summed E-state index contributed by atoms with van der Waals surface area (Å²) in [5.74, 6) is -0.00875. The van der Waals surface area contributed by atoms with E-state index in [1.54, 1.807) is 6.92 Å². The van der Waals surface area contributed by atoms with Crippen molar-refractivity contribution in [3.05, 3.63) is 54.1 Å². The predicted octanol–water partition coefficient (Wildman–Crippen LogP) is 3.80. The molecule has 0 bridgehead atoms. The first kappa shape index (κ1) is 22.5. The van der Waals surface area contributed by atoms with Gasteiger partial charge in [0.05, 0.1) is 10.5 Å². The van der Waals surface area contributed by atoms with Crippen molar-refractivity contribution in [2.75, 3.05) is 4.72 Å². The van der Waals surface area contributed by atoms with Crippen LogP contribution < -0.4 is 14.8 Å². The number of carbonyl (C=O) groups excluding carboxylic acids is 1. The van der Waals surface area contributed by atoms with E-state index in [0.29, 0.717) is 5.75 Å². The largest absolute Gasteiger partial charge is 0.481 e. The van der Waals surface area contributed by atoms with E-state index in [1.165, 1.54) is 24.3 Å². The molecule has 0 fully saturated rings. The Morgan fingerprint density at radius 3 is 2.00 bits per heavy atom. The summed E-state index contributed by atoms with van der Waals surface area (Å²) in [6, 6.07) is 8.93. The first-order valence-electron chi connectivity index (χ1n) is 8.65. The molecule has 10 heteroatoms. The first-order valence-corrected chi connectivity index (χ1v) is 10.1. The minimum Gasteiger partial charge on any atom is -0.481 e. The zero-order chi connectivity index (χ0) is 21.8. The molecule has 1 atom stereocenters. The highest BCUT2D eigenvalue weighted by atomic mass is 32.2. The van der Waals surface area contributed by atoms with E-state index in [1.807, 2.05) is 13.8 Å². The molecule has 0 heterocycles. The summed E-state index contributed by atoms with van der Waals surface area (Å²) >= 11 is 0. The monoisotopic (exact) mass is 430 g/mol. The van der Waals surface area contributed by atoms with Crippen molar-refractivity contribution in [1.82, 2.24) is 5.32 Å². The van der Waals surface area contributed by atoms with Gasteiger partial charge in [0.1, 0.15) is 5.75 Å². The molecule has 2 rings (SSSR count). The van der Waals surface area contributed by atoms with Crippen LogP contribution in [-0.4, -0.2) is 26.5 Å². The Labute approximate surface area is 167 Å². The molecular weight excluding hydrogens is 409 g/mol. The van der Waals surface area contributed by atoms with Crippen LogP contribution in [0.5, 0.6) is 5.75 Å². The maximum atomic E-state index is 12.6. The summed E-state index contributed by atoms with van der Waals surface area (Å²) in [7, 11) is -4.01. The Hall–Kier alpha value is -2.75. The van der Waals surface area contributed by atoms with Crippen LogP contribution in [0, 0.1) is 0 Å². The predicted molar refractivity (Wildman–Crippen MR) is 102 cm³/mol. The highest BCUT2D eigenvalue weighted by Gasteiger charge is 2.30. The molecule has 0 aromatic heterocycles. The molecule has 0 aliphatic heterocycles. The number of nitrogens with one attached hydrogen (secondary N) is 2. The zero-order valence-electron chi connectivity index (χ0n) is 15.9. The molecule has 1 amide bonds. The Morgan fingerprint density at radius 2 is 1.52 bits per heavy atom. The van der Waals surface area contributed by atoms with Gasteiger partial charge in [0.2, 0.25) is 0 Å². The second kappa shape index (κ2) is 8.73. The van der Waals surface area contributed by atoms with Crippen molar-refractivity contribution in [1.29, 1.82) is 0 Å². The number of sulfonamides is 1. The van der Waals surface area contributed by atoms with Gasteiger partial charge in [-0.1, -0.05) is 0 Å². The van der Waals surface area contributed by atoms with E-state index >= 15 is 0 Å². The molecule has 29 heavy (non-hydrogen) atoms. The second-order valence-corrected chi connectivity index (χ2v) is 8.26. The van der Waals surface area contributed by atoms with Crippen LogP contribution in [0.3, 0.4) is 0 Å². The van der Waals surface area contributed by atoms with E-state index in [4.69, 9.17) is 4.74 Å². The number of anilines is 1. The number of hydrogen-bond donors (Lipinski definition) is 2. The van der Waals surface area contributed by atoms with Crippen LogP contribution >= 0.6 is 0 Å². The average Bonchev–Trinajstić information content (AvgIpc) is 2.61. The smallest absolute Gasteiger partial charge is 0.416 e. The van der Waals surface area contributed by atoms with E-state index < -0.39 is 27.9 Å². The lowest BCUT2D eigenvalue weighted by atomic mass is 10.2. The fraction of sp³-hybridized carbons (Fsp3) is 0.316. The van der Waals surface area contributed by atoms with Crippen LogP contribution in [0.1, 0.15) is 26.3 Å². The van der Waals surface area contributed by atoms with Gasteiger partial charge in [0.25, 0.3) is 15.9 Å². The number of ether oxygens (including phenoxy) is 1. The Morgan fingerprint density at radius 1 is 0.966 bits per heavy atom.